The fourth-order valence-electron chi connectivity index (χ4n) is 2.09. The zero-order valence-electron chi connectivity index (χ0n) is 8.94. The summed E-state index contributed by atoms with van der Waals surface area (Å²) in [5.41, 5.74) is -0.477. The smallest absolute Gasteiger partial charge is 0.168 e. The Balaban J connectivity index is 2.38. The van der Waals surface area contributed by atoms with E-state index in [-0.39, 0.29) is 11.7 Å². The first-order valence-corrected chi connectivity index (χ1v) is 5.50. The van der Waals surface area contributed by atoms with Crippen LogP contribution in [0.4, 0.5) is 0 Å². The number of carbonyl (C=O) groups is 1. The van der Waals surface area contributed by atoms with Gasteiger partial charge in [-0.15, -0.1) is 0 Å². The molecule has 1 aromatic rings. The number of carbonyl (C=O) groups excluding carboxylic acids is 1. The standard InChI is InChI=1S/C13H16O2/c1-2-12(14)13(15,11-8-9-11)10-6-4-3-5-7-10/h3-7,11,15H,2,8-9H2,1H3. The maximum absolute atomic E-state index is 11.9. The number of benzene rings is 1. The highest BCUT2D eigenvalue weighted by molar-refractivity contribution is 5.88. The van der Waals surface area contributed by atoms with E-state index in [4.69, 9.17) is 0 Å². The molecule has 1 N–H and O–H groups in total. The van der Waals surface area contributed by atoms with Crippen LogP contribution in [0.3, 0.4) is 0 Å². The molecule has 2 heteroatoms. The van der Waals surface area contributed by atoms with Gasteiger partial charge in [0.15, 0.2) is 11.4 Å². The lowest BCUT2D eigenvalue weighted by molar-refractivity contribution is -0.140. The van der Waals surface area contributed by atoms with Crippen LogP contribution in [0.5, 0.6) is 0 Å². The molecular weight excluding hydrogens is 188 g/mol. The van der Waals surface area contributed by atoms with E-state index < -0.39 is 5.60 Å². The Bertz CT molecular complexity index is 354. The summed E-state index contributed by atoms with van der Waals surface area (Å²) >= 11 is 0. The molecule has 1 aromatic carbocycles. The minimum absolute atomic E-state index is 0.0591. The highest BCUT2D eigenvalue weighted by Gasteiger charge is 2.49. The molecule has 2 rings (SSSR count). The highest BCUT2D eigenvalue weighted by atomic mass is 16.3. The Morgan fingerprint density at radius 3 is 2.47 bits per heavy atom. The third-order valence-corrected chi connectivity index (χ3v) is 3.13. The molecule has 0 radical (unpaired) electrons. The first-order chi connectivity index (χ1) is 7.19. The Morgan fingerprint density at radius 2 is 2.00 bits per heavy atom. The van der Waals surface area contributed by atoms with Gasteiger partial charge in [0, 0.05) is 6.42 Å². The Kier molecular flexibility index (Phi) is 2.61. The van der Waals surface area contributed by atoms with Gasteiger partial charge in [-0.25, -0.2) is 0 Å². The van der Waals surface area contributed by atoms with Gasteiger partial charge in [0.25, 0.3) is 0 Å². The first-order valence-electron chi connectivity index (χ1n) is 5.50. The van der Waals surface area contributed by atoms with Gasteiger partial charge in [-0.05, 0) is 24.3 Å². The molecule has 1 aliphatic carbocycles. The summed E-state index contributed by atoms with van der Waals surface area (Å²) in [6, 6.07) is 9.31. The molecule has 1 unspecified atom stereocenters. The molecule has 0 aliphatic heterocycles. The van der Waals surface area contributed by atoms with E-state index in [2.05, 4.69) is 0 Å². The maximum Gasteiger partial charge on any atom is 0.168 e. The largest absolute Gasteiger partial charge is 0.377 e. The molecule has 2 nitrogen and oxygen atoms in total. The van der Waals surface area contributed by atoms with Crippen molar-refractivity contribution in [2.24, 2.45) is 5.92 Å². The molecular formula is C13H16O2. The Morgan fingerprint density at radius 1 is 1.40 bits per heavy atom. The number of aliphatic hydroxyl groups is 1. The molecule has 0 bridgehead atoms. The number of rotatable bonds is 4. The number of ketones is 1. The van der Waals surface area contributed by atoms with Crippen molar-refractivity contribution in [3.63, 3.8) is 0 Å². The van der Waals surface area contributed by atoms with Crippen LogP contribution in [0.2, 0.25) is 0 Å². The topological polar surface area (TPSA) is 37.3 Å². The average molecular weight is 204 g/mol. The SMILES string of the molecule is CCC(=O)C(O)(c1ccccc1)C1CC1. The van der Waals surface area contributed by atoms with Crippen molar-refractivity contribution in [2.45, 2.75) is 31.8 Å². The fraction of sp³-hybridized carbons (Fsp3) is 0.462. The van der Waals surface area contributed by atoms with E-state index in [9.17, 15) is 9.90 Å². The van der Waals surface area contributed by atoms with Gasteiger partial charge >= 0.3 is 0 Å². The van der Waals surface area contributed by atoms with Gasteiger partial charge in [0.1, 0.15) is 0 Å². The second-order valence-corrected chi connectivity index (χ2v) is 4.18. The summed E-state index contributed by atoms with van der Waals surface area (Å²) in [5, 5.41) is 10.5. The van der Waals surface area contributed by atoms with Crippen LogP contribution in [0.25, 0.3) is 0 Å². The third-order valence-electron chi connectivity index (χ3n) is 3.13. The minimum Gasteiger partial charge on any atom is -0.377 e. The predicted octanol–water partition coefficient (Wildman–Crippen LogP) is 2.26. The quantitative estimate of drug-likeness (QED) is 0.816. The van der Waals surface area contributed by atoms with E-state index in [1.807, 2.05) is 30.3 Å². The monoisotopic (exact) mass is 204 g/mol. The lowest BCUT2D eigenvalue weighted by Gasteiger charge is -2.26. The Labute approximate surface area is 89.9 Å². The molecule has 1 aliphatic rings. The minimum atomic E-state index is -1.23. The van der Waals surface area contributed by atoms with Crippen molar-refractivity contribution < 1.29 is 9.90 Å². The second-order valence-electron chi connectivity index (χ2n) is 4.18. The Hall–Kier alpha value is -1.15. The van der Waals surface area contributed by atoms with E-state index >= 15 is 0 Å². The summed E-state index contributed by atoms with van der Waals surface area (Å²) in [7, 11) is 0. The van der Waals surface area contributed by atoms with E-state index in [0.29, 0.717) is 6.42 Å². The van der Waals surface area contributed by atoms with Crippen molar-refractivity contribution in [1.82, 2.24) is 0 Å². The maximum atomic E-state index is 11.9. The van der Waals surface area contributed by atoms with Crippen LogP contribution < -0.4 is 0 Å². The molecule has 0 amide bonds. The van der Waals surface area contributed by atoms with Crippen LogP contribution in [0.15, 0.2) is 30.3 Å². The van der Waals surface area contributed by atoms with Crippen LogP contribution in [-0.4, -0.2) is 10.9 Å². The van der Waals surface area contributed by atoms with Gasteiger partial charge in [-0.3, -0.25) is 4.79 Å². The highest BCUT2D eigenvalue weighted by Crippen LogP contribution is 2.46. The fourth-order valence-corrected chi connectivity index (χ4v) is 2.09. The average Bonchev–Trinajstić information content (AvgIpc) is 3.12. The molecule has 80 valence electrons. The lowest BCUT2D eigenvalue weighted by Crippen LogP contribution is -2.37. The van der Waals surface area contributed by atoms with Gasteiger partial charge in [0.05, 0.1) is 0 Å². The van der Waals surface area contributed by atoms with Crippen LogP contribution in [0.1, 0.15) is 31.7 Å². The van der Waals surface area contributed by atoms with Crippen LogP contribution in [-0.2, 0) is 10.4 Å². The van der Waals surface area contributed by atoms with Crippen molar-refractivity contribution >= 4 is 5.78 Å². The molecule has 1 atom stereocenters. The van der Waals surface area contributed by atoms with Crippen LogP contribution >= 0.6 is 0 Å². The van der Waals surface area contributed by atoms with E-state index in [0.717, 1.165) is 18.4 Å². The second kappa shape index (κ2) is 3.78. The van der Waals surface area contributed by atoms with Crippen molar-refractivity contribution in [2.75, 3.05) is 0 Å². The molecule has 0 saturated heterocycles. The number of hydrogen-bond donors (Lipinski definition) is 1. The van der Waals surface area contributed by atoms with Crippen molar-refractivity contribution in [1.29, 1.82) is 0 Å². The molecule has 1 fully saturated rings. The summed E-state index contributed by atoms with van der Waals surface area (Å²) in [5.74, 6) is 0.0727. The van der Waals surface area contributed by atoms with Crippen molar-refractivity contribution in [3.8, 4) is 0 Å². The van der Waals surface area contributed by atoms with E-state index in [1.54, 1.807) is 6.92 Å². The number of hydrogen-bond acceptors (Lipinski definition) is 2. The predicted molar refractivity (Wildman–Crippen MR) is 58.4 cm³/mol. The molecule has 15 heavy (non-hydrogen) atoms. The summed E-state index contributed by atoms with van der Waals surface area (Å²) < 4.78 is 0. The zero-order chi connectivity index (χ0) is 10.9. The van der Waals surface area contributed by atoms with Gasteiger partial charge in [0.2, 0.25) is 0 Å². The molecule has 0 heterocycles. The van der Waals surface area contributed by atoms with Gasteiger partial charge in [-0.1, -0.05) is 37.3 Å². The normalized spacial score (nSPS) is 19.6. The van der Waals surface area contributed by atoms with Crippen LogP contribution in [0, 0.1) is 5.92 Å². The molecule has 0 spiro atoms. The summed E-state index contributed by atoms with van der Waals surface area (Å²) in [6.45, 7) is 1.80. The third kappa shape index (κ3) is 1.70. The summed E-state index contributed by atoms with van der Waals surface area (Å²) in [4.78, 5) is 11.9. The molecule has 0 aromatic heterocycles. The zero-order valence-corrected chi connectivity index (χ0v) is 8.94. The molecule has 1 saturated carbocycles. The lowest BCUT2D eigenvalue weighted by atomic mass is 9.84. The summed E-state index contributed by atoms with van der Waals surface area (Å²) in [6.07, 6.45) is 2.30. The number of Topliss-reactive ketones (excluding diaryl/α,β-unsaturated/α-hetero) is 1. The van der Waals surface area contributed by atoms with Gasteiger partial charge < -0.3 is 5.11 Å². The van der Waals surface area contributed by atoms with Gasteiger partial charge in [-0.2, -0.15) is 0 Å². The van der Waals surface area contributed by atoms with E-state index in [1.165, 1.54) is 0 Å². The van der Waals surface area contributed by atoms with Crippen molar-refractivity contribution in [3.05, 3.63) is 35.9 Å². The first kappa shape index (κ1) is 10.4.